The first-order valence-corrected chi connectivity index (χ1v) is 9.89. The van der Waals surface area contributed by atoms with E-state index in [-0.39, 0.29) is 23.7 Å². The van der Waals surface area contributed by atoms with Crippen molar-refractivity contribution in [2.24, 2.45) is 0 Å². The van der Waals surface area contributed by atoms with Crippen molar-refractivity contribution in [1.82, 2.24) is 20.2 Å². The third-order valence-corrected chi connectivity index (χ3v) is 5.29. The molecule has 0 spiro atoms. The van der Waals surface area contributed by atoms with Crippen molar-refractivity contribution in [3.63, 3.8) is 0 Å². The third kappa shape index (κ3) is 3.76. The van der Waals surface area contributed by atoms with E-state index in [4.69, 9.17) is 11.6 Å². The molecule has 1 saturated heterocycles. The molecule has 1 unspecified atom stereocenters. The molecule has 1 aromatic carbocycles. The van der Waals surface area contributed by atoms with Gasteiger partial charge < -0.3 is 5.32 Å². The van der Waals surface area contributed by atoms with Gasteiger partial charge in [-0.05, 0) is 48.6 Å². The zero-order valence-corrected chi connectivity index (χ0v) is 16.6. The lowest BCUT2D eigenvalue weighted by molar-refractivity contribution is -0.136. The number of anilines is 1. The Morgan fingerprint density at radius 3 is 2.77 bits per heavy atom. The number of rotatable bonds is 6. The summed E-state index contributed by atoms with van der Waals surface area (Å²) in [5, 5.41) is 5.48. The Kier molecular flexibility index (Phi) is 5.45. The number of nitrogens with zero attached hydrogens (tertiary/aromatic N) is 3. The number of aryl methyl sites for hydroxylation is 1. The summed E-state index contributed by atoms with van der Waals surface area (Å²) in [6.07, 6.45) is 3.01. The van der Waals surface area contributed by atoms with Crippen LogP contribution in [0.4, 0.5) is 5.82 Å². The molecular formula is C20H18ClN5O4. The Morgan fingerprint density at radius 2 is 2.00 bits per heavy atom. The highest BCUT2D eigenvalue weighted by molar-refractivity contribution is 6.28. The molecule has 1 fully saturated rings. The van der Waals surface area contributed by atoms with Crippen LogP contribution >= 0.6 is 11.6 Å². The maximum absolute atomic E-state index is 13.0. The molecule has 2 N–H and O–H groups in total. The Bertz CT molecular complexity index is 1060. The second-order valence-electron chi connectivity index (χ2n) is 7.03. The van der Waals surface area contributed by atoms with Crippen LogP contribution in [0.5, 0.6) is 0 Å². The van der Waals surface area contributed by atoms with Crippen LogP contribution in [0.15, 0.2) is 30.5 Å². The number of halogens is 1. The fourth-order valence-corrected chi connectivity index (χ4v) is 3.87. The van der Waals surface area contributed by atoms with Crippen molar-refractivity contribution in [2.75, 3.05) is 11.9 Å². The molecule has 154 valence electrons. The van der Waals surface area contributed by atoms with E-state index in [1.807, 2.05) is 0 Å². The molecular weight excluding hydrogens is 410 g/mol. The van der Waals surface area contributed by atoms with E-state index < -0.39 is 29.7 Å². The van der Waals surface area contributed by atoms with Gasteiger partial charge in [-0.1, -0.05) is 12.1 Å². The largest absolute Gasteiger partial charge is 0.370 e. The maximum atomic E-state index is 13.0. The summed E-state index contributed by atoms with van der Waals surface area (Å²) in [5.74, 6) is -1.40. The summed E-state index contributed by atoms with van der Waals surface area (Å²) in [6.45, 7) is 0.579. The number of fused-ring (bicyclic) bond motifs is 1. The van der Waals surface area contributed by atoms with Gasteiger partial charge in [0.15, 0.2) is 0 Å². The van der Waals surface area contributed by atoms with Crippen LogP contribution < -0.4 is 10.6 Å². The molecule has 4 rings (SSSR count). The van der Waals surface area contributed by atoms with E-state index in [0.29, 0.717) is 30.8 Å². The Labute approximate surface area is 176 Å². The first-order valence-electron chi connectivity index (χ1n) is 9.51. The number of piperidine rings is 1. The Hall–Kier alpha value is -3.33. The van der Waals surface area contributed by atoms with Crippen molar-refractivity contribution >= 4 is 41.0 Å². The fourth-order valence-electron chi connectivity index (χ4n) is 3.72. The first-order chi connectivity index (χ1) is 14.5. The van der Waals surface area contributed by atoms with Crippen molar-refractivity contribution < 1.29 is 19.2 Å². The zero-order valence-electron chi connectivity index (χ0n) is 15.9. The number of imide groups is 2. The summed E-state index contributed by atoms with van der Waals surface area (Å²) in [6, 6.07) is 5.86. The van der Waals surface area contributed by atoms with Crippen LogP contribution in [0.2, 0.25) is 5.28 Å². The van der Waals surface area contributed by atoms with E-state index >= 15 is 0 Å². The van der Waals surface area contributed by atoms with Crippen LogP contribution in [-0.4, -0.2) is 51.1 Å². The van der Waals surface area contributed by atoms with Gasteiger partial charge in [-0.25, -0.2) is 9.97 Å². The molecule has 1 aromatic heterocycles. The normalized spacial score (nSPS) is 18.4. The van der Waals surface area contributed by atoms with Crippen LogP contribution in [0.1, 0.15) is 45.5 Å². The SMILES string of the molecule is O=C1CCC(N2C(=O)c3cccc(CCCNc4ccnc(Cl)n4)c3C2=O)C(=O)N1. The van der Waals surface area contributed by atoms with Crippen LogP contribution in [0.3, 0.4) is 0 Å². The second kappa shape index (κ2) is 8.19. The topological polar surface area (TPSA) is 121 Å². The van der Waals surface area contributed by atoms with Crippen LogP contribution in [-0.2, 0) is 16.0 Å². The van der Waals surface area contributed by atoms with Crippen LogP contribution in [0.25, 0.3) is 0 Å². The second-order valence-corrected chi connectivity index (χ2v) is 7.37. The number of hydrogen-bond donors (Lipinski definition) is 2. The highest BCUT2D eigenvalue weighted by Gasteiger charge is 2.45. The molecule has 0 bridgehead atoms. The van der Waals surface area contributed by atoms with E-state index in [1.54, 1.807) is 30.5 Å². The smallest absolute Gasteiger partial charge is 0.262 e. The van der Waals surface area contributed by atoms with Gasteiger partial charge in [0.25, 0.3) is 11.8 Å². The van der Waals surface area contributed by atoms with Gasteiger partial charge in [0.1, 0.15) is 11.9 Å². The molecule has 10 heteroatoms. The Morgan fingerprint density at radius 1 is 1.17 bits per heavy atom. The van der Waals surface area contributed by atoms with Gasteiger partial charge >= 0.3 is 0 Å². The molecule has 2 aromatic rings. The molecule has 1 atom stereocenters. The number of aromatic nitrogens is 2. The third-order valence-electron chi connectivity index (χ3n) is 5.11. The molecule has 2 aliphatic heterocycles. The van der Waals surface area contributed by atoms with Gasteiger partial charge in [-0.2, -0.15) is 0 Å². The molecule has 0 saturated carbocycles. The van der Waals surface area contributed by atoms with Gasteiger partial charge in [0.05, 0.1) is 11.1 Å². The minimum absolute atomic E-state index is 0.0927. The summed E-state index contributed by atoms with van der Waals surface area (Å²) < 4.78 is 0. The highest BCUT2D eigenvalue weighted by Crippen LogP contribution is 2.30. The van der Waals surface area contributed by atoms with E-state index in [0.717, 1.165) is 10.5 Å². The number of carbonyl (C=O) groups is 4. The van der Waals surface area contributed by atoms with Gasteiger partial charge in [-0.3, -0.25) is 29.4 Å². The standard InChI is InChI=1S/C20H18ClN5O4/c21-20-23-10-8-14(24-20)22-9-2-4-11-3-1-5-12-16(11)19(30)26(18(12)29)13-6-7-15(27)25-17(13)28/h1,3,5,8,10,13H,2,4,6-7,9H2,(H,22,23,24)(H,25,27,28). The van der Waals surface area contributed by atoms with Crippen molar-refractivity contribution in [3.8, 4) is 0 Å². The van der Waals surface area contributed by atoms with Gasteiger partial charge in [0, 0.05) is 19.2 Å². The minimum atomic E-state index is -0.966. The molecule has 4 amide bonds. The number of carbonyl (C=O) groups excluding carboxylic acids is 4. The monoisotopic (exact) mass is 427 g/mol. The molecule has 2 aliphatic rings. The molecule has 0 radical (unpaired) electrons. The van der Waals surface area contributed by atoms with E-state index in [2.05, 4.69) is 20.6 Å². The van der Waals surface area contributed by atoms with E-state index in [9.17, 15) is 19.2 Å². The quantitative estimate of drug-likeness (QED) is 0.407. The predicted molar refractivity (Wildman–Crippen MR) is 107 cm³/mol. The number of nitrogens with one attached hydrogen (secondary N) is 2. The summed E-state index contributed by atoms with van der Waals surface area (Å²) in [5.41, 5.74) is 1.36. The van der Waals surface area contributed by atoms with Gasteiger partial charge in [0.2, 0.25) is 17.1 Å². The lowest BCUT2D eigenvalue weighted by Crippen LogP contribution is -2.54. The van der Waals surface area contributed by atoms with Crippen LogP contribution in [0, 0.1) is 0 Å². The minimum Gasteiger partial charge on any atom is -0.370 e. The molecule has 3 heterocycles. The fraction of sp³-hybridized carbons (Fsp3) is 0.300. The molecule has 30 heavy (non-hydrogen) atoms. The Balaban J connectivity index is 1.46. The van der Waals surface area contributed by atoms with Crippen molar-refractivity contribution in [1.29, 1.82) is 0 Å². The average Bonchev–Trinajstić information content (AvgIpc) is 2.97. The number of amides is 4. The summed E-state index contributed by atoms with van der Waals surface area (Å²) in [4.78, 5) is 58.3. The highest BCUT2D eigenvalue weighted by atomic mass is 35.5. The molecule has 0 aliphatic carbocycles. The zero-order chi connectivity index (χ0) is 21.3. The van der Waals surface area contributed by atoms with Crippen molar-refractivity contribution in [2.45, 2.75) is 31.7 Å². The summed E-state index contributed by atoms with van der Waals surface area (Å²) in [7, 11) is 0. The van der Waals surface area contributed by atoms with Gasteiger partial charge in [-0.15, -0.1) is 0 Å². The first kappa shape index (κ1) is 20.0. The molecule has 9 nitrogen and oxygen atoms in total. The maximum Gasteiger partial charge on any atom is 0.262 e. The number of benzene rings is 1. The predicted octanol–water partition coefficient (Wildman–Crippen LogP) is 1.58. The van der Waals surface area contributed by atoms with Crippen molar-refractivity contribution in [3.05, 3.63) is 52.4 Å². The number of hydrogen-bond acceptors (Lipinski definition) is 7. The average molecular weight is 428 g/mol. The lowest BCUT2D eigenvalue weighted by atomic mass is 9.99. The van der Waals surface area contributed by atoms with E-state index in [1.165, 1.54) is 0 Å². The lowest BCUT2D eigenvalue weighted by Gasteiger charge is -2.27. The summed E-state index contributed by atoms with van der Waals surface area (Å²) >= 11 is 5.76.